The maximum atomic E-state index is 12.7. The molecule has 0 unspecified atom stereocenters. The van der Waals surface area contributed by atoms with Gasteiger partial charge >= 0.3 is 0 Å². The number of hydrogen-bond donors (Lipinski definition) is 1. The van der Waals surface area contributed by atoms with Crippen LogP contribution in [0, 0.1) is 11.3 Å². The van der Waals surface area contributed by atoms with Crippen molar-refractivity contribution in [2.75, 3.05) is 13.7 Å². The molecule has 1 aromatic carbocycles. The molecule has 1 aromatic heterocycles. The Balaban J connectivity index is 1.83. The number of rotatable bonds is 6. The first-order valence-corrected chi connectivity index (χ1v) is 9.91. The maximum Gasteiger partial charge on any atom is 0.186 e. The van der Waals surface area contributed by atoms with Crippen LogP contribution in [0.15, 0.2) is 34.7 Å². The lowest BCUT2D eigenvalue weighted by molar-refractivity contribution is -0.114. The van der Waals surface area contributed by atoms with Crippen molar-refractivity contribution in [3.8, 4) is 11.5 Å². The van der Waals surface area contributed by atoms with E-state index in [1.165, 1.54) is 23.1 Å². The fourth-order valence-corrected chi connectivity index (χ4v) is 4.30. The van der Waals surface area contributed by atoms with E-state index >= 15 is 0 Å². The standard InChI is InChI=1S/C19H20N2O3S2/c1-11(2)10-24-13-5-4-12(8-14(13)23-3)9-15-17(22)16(18(20)26-15)19-21-6-7-25-19/h4-9,11,16,20H,10H2,1-3H3/b15-9-,20-18?/t16-/m0/s1. The predicted octanol–water partition coefficient (Wildman–Crippen LogP) is 4.60. The van der Waals surface area contributed by atoms with E-state index < -0.39 is 5.92 Å². The quantitative estimate of drug-likeness (QED) is 0.732. The van der Waals surface area contributed by atoms with Gasteiger partial charge in [-0.1, -0.05) is 31.7 Å². The van der Waals surface area contributed by atoms with Crippen LogP contribution in [-0.2, 0) is 4.79 Å². The van der Waals surface area contributed by atoms with Crippen molar-refractivity contribution in [1.82, 2.24) is 4.98 Å². The minimum atomic E-state index is -0.568. The molecule has 0 saturated carbocycles. The Kier molecular flexibility index (Phi) is 5.78. The lowest BCUT2D eigenvalue weighted by atomic mass is 10.0. The van der Waals surface area contributed by atoms with Gasteiger partial charge in [-0.25, -0.2) is 4.98 Å². The Morgan fingerprint density at radius 3 is 2.81 bits per heavy atom. The Morgan fingerprint density at radius 2 is 2.15 bits per heavy atom. The van der Waals surface area contributed by atoms with Crippen LogP contribution in [-0.4, -0.2) is 29.5 Å². The summed E-state index contributed by atoms with van der Waals surface area (Å²) in [5, 5.41) is 11.0. The van der Waals surface area contributed by atoms with Crippen LogP contribution in [0.25, 0.3) is 6.08 Å². The Morgan fingerprint density at radius 1 is 1.35 bits per heavy atom. The van der Waals surface area contributed by atoms with Crippen molar-refractivity contribution >= 4 is 40.0 Å². The molecule has 1 atom stereocenters. The van der Waals surface area contributed by atoms with Crippen LogP contribution in [0.3, 0.4) is 0 Å². The van der Waals surface area contributed by atoms with E-state index in [2.05, 4.69) is 18.8 Å². The average Bonchev–Trinajstić information content (AvgIpc) is 3.22. The summed E-state index contributed by atoms with van der Waals surface area (Å²) in [6, 6.07) is 5.58. The number of allylic oxidation sites excluding steroid dienone is 1. The number of methoxy groups -OCH3 is 1. The van der Waals surface area contributed by atoms with Crippen molar-refractivity contribution in [2.24, 2.45) is 5.92 Å². The molecular formula is C19H20N2O3S2. The summed E-state index contributed by atoms with van der Waals surface area (Å²) in [6.07, 6.45) is 3.46. The molecule has 1 aliphatic heterocycles. The van der Waals surface area contributed by atoms with Gasteiger partial charge in [0.25, 0.3) is 0 Å². The number of Topliss-reactive ketones (excluding diaryl/α,β-unsaturated/α-hetero) is 1. The highest BCUT2D eigenvalue weighted by atomic mass is 32.2. The number of ether oxygens (including phenoxy) is 2. The lowest BCUT2D eigenvalue weighted by Gasteiger charge is -2.13. The van der Waals surface area contributed by atoms with Gasteiger partial charge in [-0.2, -0.15) is 0 Å². The summed E-state index contributed by atoms with van der Waals surface area (Å²) in [7, 11) is 1.60. The monoisotopic (exact) mass is 388 g/mol. The van der Waals surface area contributed by atoms with Gasteiger partial charge in [-0.3, -0.25) is 10.2 Å². The summed E-state index contributed by atoms with van der Waals surface area (Å²) in [4.78, 5) is 17.4. The first-order valence-electron chi connectivity index (χ1n) is 8.22. The average molecular weight is 389 g/mol. The largest absolute Gasteiger partial charge is 0.493 e. The number of carbonyl (C=O) groups excluding carboxylic acids is 1. The number of ketones is 1. The minimum Gasteiger partial charge on any atom is -0.493 e. The number of aromatic nitrogens is 1. The Bertz CT molecular complexity index is 844. The molecular weight excluding hydrogens is 368 g/mol. The fraction of sp³-hybridized carbons (Fsp3) is 0.316. The van der Waals surface area contributed by atoms with Gasteiger partial charge in [0.15, 0.2) is 17.3 Å². The van der Waals surface area contributed by atoms with Gasteiger partial charge in [-0.15, -0.1) is 11.3 Å². The zero-order valence-corrected chi connectivity index (χ0v) is 16.4. The smallest absolute Gasteiger partial charge is 0.186 e. The predicted molar refractivity (Wildman–Crippen MR) is 106 cm³/mol. The summed E-state index contributed by atoms with van der Waals surface area (Å²) < 4.78 is 11.2. The topological polar surface area (TPSA) is 72.3 Å². The molecule has 0 bridgehead atoms. The number of nitrogens with one attached hydrogen (secondary N) is 1. The summed E-state index contributed by atoms with van der Waals surface area (Å²) in [5.74, 6) is 1.09. The Hall–Kier alpha value is -2.12. The molecule has 0 amide bonds. The van der Waals surface area contributed by atoms with Crippen molar-refractivity contribution in [1.29, 1.82) is 5.41 Å². The van der Waals surface area contributed by atoms with Crippen molar-refractivity contribution in [2.45, 2.75) is 19.8 Å². The molecule has 5 nitrogen and oxygen atoms in total. The van der Waals surface area contributed by atoms with Gasteiger partial charge in [0, 0.05) is 11.6 Å². The van der Waals surface area contributed by atoms with E-state index in [-0.39, 0.29) is 5.78 Å². The van der Waals surface area contributed by atoms with Gasteiger partial charge in [-0.05, 0) is 29.7 Å². The Labute approximate surface area is 160 Å². The van der Waals surface area contributed by atoms with E-state index in [0.29, 0.717) is 39.0 Å². The molecule has 0 spiro atoms. The number of nitrogens with zero attached hydrogens (tertiary/aromatic N) is 1. The van der Waals surface area contributed by atoms with E-state index in [1.807, 2.05) is 23.6 Å². The third-order valence-electron chi connectivity index (χ3n) is 3.74. The molecule has 136 valence electrons. The third-order valence-corrected chi connectivity index (χ3v) is 5.58. The molecule has 0 aliphatic carbocycles. The number of carbonyl (C=O) groups is 1. The number of thiazole rings is 1. The van der Waals surface area contributed by atoms with Crippen LogP contribution in [0.1, 0.15) is 30.3 Å². The zero-order valence-electron chi connectivity index (χ0n) is 14.8. The molecule has 2 heterocycles. The zero-order chi connectivity index (χ0) is 18.7. The highest BCUT2D eigenvalue weighted by Gasteiger charge is 2.38. The molecule has 1 fully saturated rings. The van der Waals surface area contributed by atoms with Crippen molar-refractivity contribution in [3.05, 3.63) is 45.3 Å². The van der Waals surface area contributed by atoms with Crippen molar-refractivity contribution in [3.63, 3.8) is 0 Å². The van der Waals surface area contributed by atoms with E-state index in [4.69, 9.17) is 14.9 Å². The van der Waals surface area contributed by atoms with E-state index in [9.17, 15) is 4.79 Å². The highest BCUT2D eigenvalue weighted by molar-refractivity contribution is 8.19. The first-order chi connectivity index (χ1) is 12.5. The molecule has 2 aromatic rings. The van der Waals surface area contributed by atoms with Crippen molar-refractivity contribution < 1.29 is 14.3 Å². The molecule has 1 N–H and O–H groups in total. The van der Waals surface area contributed by atoms with Crippen LogP contribution in [0.5, 0.6) is 11.5 Å². The molecule has 3 rings (SSSR count). The molecule has 26 heavy (non-hydrogen) atoms. The summed E-state index contributed by atoms with van der Waals surface area (Å²) in [6.45, 7) is 4.78. The van der Waals surface area contributed by atoms with Gasteiger partial charge < -0.3 is 9.47 Å². The third kappa shape index (κ3) is 3.99. The summed E-state index contributed by atoms with van der Waals surface area (Å²) in [5.41, 5.74) is 0.835. The first kappa shape index (κ1) is 18.7. The van der Waals surface area contributed by atoms with E-state index in [0.717, 1.165) is 5.56 Å². The molecule has 1 aliphatic rings. The highest BCUT2D eigenvalue weighted by Crippen LogP contribution is 2.41. The number of benzene rings is 1. The minimum absolute atomic E-state index is 0.0750. The van der Waals surface area contributed by atoms with Crippen LogP contribution < -0.4 is 9.47 Å². The second kappa shape index (κ2) is 8.05. The summed E-state index contributed by atoms with van der Waals surface area (Å²) >= 11 is 2.60. The SMILES string of the molecule is COc1cc(/C=C2\SC(=N)[C@@H](c3nccs3)C2=O)ccc1OCC(C)C. The fourth-order valence-electron chi connectivity index (χ4n) is 2.49. The maximum absolute atomic E-state index is 12.7. The van der Waals surface area contributed by atoms with E-state index in [1.54, 1.807) is 19.4 Å². The van der Waals surface area contributed by atoms with Crippen LogP contribution >= 0.6 is 23.1 Å². The van der Waals surface area contributed by atoms with Gasteiger partial charge in [0.05, 0.1) is 23.7 Å². The molecule has 0 radical (unpaired) electrons. The second-order valence-corrected chi connectivity index (χ2v) is 8.27. The van der Waals surface area contributed by atoms with Crippen LogP contribution in [0.2, 0.25) is 0 Å². The van der Waals surface area contributed by atoms with Gasteiger partial charge in [0.2, 0.25) is 0 Å². The molecule has 1 saturated heterocycles. The van der Waals surface area contributed by atoms with Crippen LogP contribution in [0.4, 0.5) is 0 Å². The normalized spacial score (nSPS) is 18.8. The van der Waals surface area contributed by atoms with Gasteiger partial charge in [0.1, 0.15) is 10.9 Å². The number of hydrogen-bond acceptors (Lipinski definition) is 7. The second-order valence-electron chi connectivity index (χ2n) is 6.26. The lowest BCUT2D eigenvalue weighted by Crippen LogP contribution is -2.11. The molecule has 7 heteroatoms. The number of thioether (sulfide) groups is 1.